The van der Waals surface area contributed by atoms with Crippen molar-refractivity contribution >= 4 is 29.3 Å². The summed E-state index contributed by atoms with van der Waals surface area (Å²) in [4.78, 5) is 35.1. The van der Waals surface area contributed by atoms with E-state index in [9.17, 15) is 14.4 Å². The number of benzene rings is 1. The first kappa shape index (κ1) is 20.4. The summed E-state index contributed by atoms with van der Waals surface area (Å²) in [6, 6.07) is 6.61. The molecule has 0 saturated carbocycles. The molecule has 138 valence electrons. The van der Waals surface area contributed by atoms with Crippen molar-refractivity contribution in [2.24, 2.45) is 5.92 Å². The number of nitrogens with one attached hydrogen (secondary N) is 3. The largest absolute Gasteiger partial charge is 0.447 e. The van der Waals surface area contributed by atoms with Crippen molar-refractivity contribution in [1.82, 2.24) is 5.32 Å². The van der Waals surface area contributed by atoms with Crippen LogP contribution in [0.5, 0.6) is 0 Å². The van der Waals surface area contributed by atoms with Gasteiger partial charge in [0.1, 0.15) is 6.61 Å². The first-order valence-corrected chi connectivity index (χ1v) is 8.06. The topological polar surface area (TPSA) is 106 Å². The number of hydrogen-bond donors (Lipinski definition) is 3. The molecule has 3 amide bonds. The fourth-order valence-corrected chi connectivity index (χ4v) is 1.78. The van der Waals surface area contributed by atoms with E-state index in [-0.39, 0.29) is 30.9 Å². The highest BCUT2D eigenvalue weighted by molar-refractivity contribution is 5.95. The SMILES string of the molecule is CCC(C)C(=O)NCC(=O)Nc1cccc(NC(=O)OCCOC)c1. The molecule has 1 unspecified atom stereocenters. The molecular weight excluding hydrogens is 326 g/mol. The van der Waals surface area contributed by atoms with Crippen molar-refractivity contribution < 1.29 is 23.9 Å². The van der Waals surface area contributed by atoms with Crippen molar-refractivity contribution in [1.29, 1.82) is 0 Å². The Bertz CT molecular complexity index is 591. The maximum absolute atomic E-state index is 11.9. The Morgan fingerprint density at radius 2 is 1.80 bits per heavy atom. The number of carbonyl (C=O) groups is 3. The molecule has 8 heteroatoms. The molecule has 0 spiro atoms. The number of amides is 3. The van der Waals surface area contributed by atoms with E-state index in [1.807, 2.05) is 6.92 Å². The van der Waals surface area contributed by atoms with Gasteiger partial charge in [0, 0.05) is 24.4 Å². The summed E-state index contributed by atoms with van der Waals surface area (Å²) >= 11 is 0. The van der Waals surface area contributed by atoms with Crippen molar-refractivity contribution in [3.8, 4) is 0 Å². The maximum Gasteiger partial charge on any atom is 0.411 e. The first-order valence-electron chi connectivity index (χ1n) is 8.06. The van der Waals surface area contributed by atoms with E-state index in [1.54, 1.807) is 31.2 Å². The summed E-state index contributed by atoms with van der Waals surface area (Å²) in [6.45, 7) is 4.05. The third-order valence-electron chi connectivity index (χ3n) is 3.40. The van der Waals surface area contributed by atoms with Crippen LogP contribution in [0.15, 0.2) is 24.3 Å². The molecule has 0 radical (unpaired) electrons. The van der Waals surface area contributed by atoms with E-state index in [1.165, 1.54) is 7.11 Å². The van der Waals surface area contributed by atoms with Crippen LogP contribution in [0.4, 0.5) is 16.2 Å². The average molecular weight is 351 g/mol. The van der Waals surface area contributed by atoms with E-state index in [0.29, 0.717) is 24.4 Å². The minimum Gasteiger partial charge on any atom is -0.447 e. The molecule has 8 nitrogen and oxygen atoms in total. The quantitative estimate of drug-likeness (QED) is 0.590. The lowest BCUT2D eigenvalue weighted by Crippen LogP contribution is -2.35. The second kappa shape index (κ2) is 11.0. The van der Waals surface area contributed by atoms with E-state index >= 15 is 0 Å². The molecule has 0 aliphatic rings. The highest BCUT2D eigenvalue weighted by Crippen LogP contribution is 2.15. The predicted molar refractivity (Wildman–Crippen MR) is 94.4 cm³/mol. The predicted octanol–water partition coefficient (Wildman–Crippen LogP) is 1.98. The van der Waals surface area contributed by atoms with Gasteiger partial charge in [-0.05, 0) is 24.6 Å². The molecule has 0 aliphatic heterocycles. The van der Waals surface area contributed by atoms with Gasteiger partial charge in [-0.3, -0.25) is 14.9 Å². The highest BCUT2D eigenvalue weighted by Gasteiger charge is 2.12. The lowest BCUT2D eigenvalue weighted by Gasteiger charge is -2.11. The number of carbonyl (C=O) groups excluding carboxylic acids is 3. The summed E-state index contributed by atoms with van der Waals surface area (Å²) in [5.74, 6) is -0.646. The van der Waals surface area contributed by atoms with Crippen molar-refractivity contribution in [3.63, 3.8) is 0 Å². The van der Waals surface area contributed by atoms with Gasteiger partial charge in [-0.25, -0.2) is 4.79 Å². The van der Waals surface area contributed by atoms with Crippen LogP contribution in [0.1, 0.15) is 20.3 Å². The van der Waals surface area contributed by atoms with Crippen LogP contribution < -0.4 is 16.0 Å². The molecule has 0 bridgehead atoms. The normalized spacial score (nSPS) is 11.3. The maximum atomic E-state index is 11.9. The van der Waals surface area contributed by atoms with Gasteiger partial charge in [0.15, 0.2) is 0 Å². The van der Waals surface area contributed by atoms with Gasteiger partial charge in [-0.2, -0.15) is 0 Å². The van der Waals surface area contributed by atoms with Crippen LogP contribution in [0, 0.1) is 5.92 Å². The Morgan fingerprint density at radius 3 is 2.44 bits per heavy atom. The van der Waals surface area contributed by atoms with Crippen LogP contribution >= 0.6 is 0 Å². The molecular formula is C17H25N3O5. The molecule has 1 rings (SSSR count). The third kappa shape index (κ3) is 8.16. The average Bonchev–Trinajstić information content (AvgIpc) is 2.59. The molecule has 0 saturated heterocycles. The fraction of sp³-hybridized carbons (Fsp3) is 0.471. The molecule has 0 heterocycles. The molecule has 25 heavy (non-hydrogen) atoms. The Morgan fingerprint density at radius 1 is 1.12 bits per heavy atom. The summed E-state index contributed by atoms with van der Waals surface area (Å²) < 4.78 is 9.68. The zero-order valence-corrected chi connectivity index (χ0v) is 14.8. The van der Waals surface area contributed by atoms with Gasteiger partial charge in [-0.15, -0.1) is 0 Å². The zero-order chi connectivity index (χ0) is 18.7. The minimum atomic E-state index is -0.610. The molecule has 1 aromatic carbocycles. The van der Waals surface area contributed by atoms with Crippen LogP contribution in [0.25, 0.3) is 0 Å². The molecule has 1 aromatic rings. The summed E-state index contributed by atoms with van der Waals surface area (Å²) in [6.07, 6.45) is 0.100. The Labute approximate surface area is 147 Å². The molecule has 1 atom stereocenters. The minimum absolute atomic E-state index is 0.111. The zero-order valence-electron chi connectivity index (χ0n) is 14.8. The second-order valence-corrected chi connectivity index (χ2v) is 5.41. The van der Waals surface area contributed by atoms with Crippen LogP contribution in [0.2, 0.25) is 0 Å². The van der Waals surface area contributed by atoms with E-state index in [4.69, 9.17) is 9.47 Å². The highest BCUT2D eigenvalue weighted by atomic mass is 16.6. The lowest BCUT2D eigenvalue weighted by atomic mass is 10.1. The fourth-order valence-electron chi connectivity index (χ4n) is 1.78. The van der Waals surface area contributed by atoms with Crippen LogP contribution in [-0.2, 0) is 19.1 Å². The molecule has 0 aromatic heterocycles. The van der Waals surface area contributed by atoms with Crippen LogP contribution in [-0.4, -0.2) is 44.8 Å². The summed E-state index contributed by atoms with van der Waals surface area (Å²) in [5.41, 5.74) is 0.973. The number of hydrogen-bond acceptors (Lipinski definition) is 5. The second-order valence-electron chi connectivity index (χ2n) is 5.41. The summed E-state index contributed by atoms with van der Waals surface area (Å²) in [5, 5.41) is 7.78. The van der Waals surface area contributed by atoms with Gasteiger partial charge in [0.25, 0.3) is 0 Å². The van der Waals surface area contributed by atoms with Crippen molar-refractivity contribution in [2.45, 2.75) is 20.3 Å². The van der Waals surface area contributed by atoms with E-state index in [2.05, 4.69) is 16.0 Å². The number of ether oxygens (including phenoxy) is 2. The first-order chi connectivity index (χ1) is 12.0. The molecule has 3 N–H and O–H groups in total. The Balaban J connectivity index is 2.47. The Kier molecular flexibility index (Phi) is 9.02. The van der Waals surface area contributed by atoms with Crippen molar-refractivity contribution in [3.05, 3.63) is 24.3 Å². The monoisotopic (exact) mass is 351 g/mol. The van der Waals surface area contributed by atoms with Gasteiger partial charge in [-0.1, -0.05) is 19.9 Å². The van der Waals surface area contributed by atoms with Crippen molar-refractivity contribution in [2.75, 3.05) is 37.5 Å². The van der Waals surface area contributed by atoms with E-state index < -0.39 is 6.09 Å². The van der Waals surface area contributed by atoms with Gasteiger partial charge < -0.3 is 20.1 Å². The standard InChI is InChI=1S/C17H25N3O5/c1-4-12(2)16(22)18-11-15(21)19-13-6-5-7-14(10-13)20-17(23)25-9-8-24-3/h5-7,10,12H,4,8-9,11H2,1-3H3,(H,18,22)(H,19,21)(H,20,23). The van der Waals surface area contributed by atoms with E-state index in [0.717, 1.165) is 0 Å². The van der Waals surface area contributed by atoms with Gasteiger partial charge >= 0.3 is 6.09 Å². The Hall–Kier alpha value is -2.61. The third-order valence-corrected chi connectivity index (χ3v) is 3.40. The smallest absolute Gasteiger partial charge is 0.411 e. The van der Waals surface area contributed by atoms with Gasteiger partial charge in [0.2, 0.25) is 11.8 Å². The number of anilines is 2. The lowest BCUT2D eigenvalue weighted by molar-refractivity contribution is -0.126. The summed E-state index contributed by atoms with van der Waals surface area (Å²) in [7, 11) is 1.51. The van der Waals surface area contributed by atoms with Crippen LogP contribution in [0.3, 0.4) is 0 Å². The molecule has 0 aliphatic carbocycles. The number of methoxy groups -OCH3 is 1. The number of rotatable bonds is 9. The van der Waals surface area contributed by atoms with Gasteiger partial charge in [0.05, 0.1) is 13.2 Å². The molecule has 0 fully saturated rings.